The third kappa shape index (κ3) is 6.42. The van der Waals surface area contributed by atoms with Crippen LogP contribution in [0.25, 0.3) is 0 Å². The van der Waals surface area contributed by atoms with E-state index in [4.69, 9.17) is 11.6 Å². The zero-order valence-corrected chi connectivity index (χ0v) is 12.8. The van der Waals surface area contributed by atoms with Gasteiger partial charge in [-0.1, -0.05) is 44.5 Å². The van der Waals surface area contributed by atoms with Gasteiger partial charge in [0.25, 0.3) is 0 Å². The summed E-state index contributed by atoms with van der Waals surface area (Å²) in [6.45, 7) is 8.02. The second-order valence-corrected chi connectivity index (χ2v) is 6.79. The van der Waals surface area contributed by atoms with Crippen molar-refractivity contribution in [3.63, 3.8) is 0 Å². The molecule has 18 heavy (non-hydrogen) atoms. The van der Waals surface area contributed by atoms with Crippen LogP contribution in [-0.2, 0) is 6.42 Å². The summed E-state index contributed by atoms with van der Waals surface area (Å²) in [7, 11) is 2.03. The zero-order valence-electron chi connectivity index (χ0n) is 12.1. The van der Waals surface area contributed by atoms with Crippen LogP contribution in [0.4, 0.5) is 0 Å². The first-order valence-electron chi connectivity index (χ1n) is 6.80. The first-order valence-corrected chi connectivity index (χ1v) is 7.17. The molecule has 0 aliphatic rings. The normalized spacial score (nSPS) is 13.6. The minimum Gasteiger partial charge on any atom is -0.319 e. The second kappa shape index (κ2) is 7.16. The van der Waals surface area contributed by atoms with Crippen LogP contribution in [0.15, 0.2) is 24.3 Å². The Morgan fingerprint density at radius 1 is 1.17 bits per heavy atom. The average molecular weight is 268 g/mol. The summed E-state index contributed by atoms with van der Waals surface area (Å²) in [6, 6.07) is 8.25. The van der Waals surface area contributed by atoms with E-state index in [1.807, 2.05) is 19.2 Å². The maximum Gasteiger partial charge on any atom is 0.0406 e. The molecule has 1 unspecified atom stereocenters. The number of hydrogen-bond donors (Lipinski definition) is 1. The molecule has 1 aromatic rings. The van der Waals surface area contributed by atoms with Crippen molar-refractivity contribution in [2.24, 2.45) is 11.3 Å². The highest BCUT2D eigenvalue weighted by atomic mass is 35.5. The number of benzene rings is 1. The monoisotopic (exact) mass is 267 g/mol. The van der Waals surface area contributed by atoms with Crippen LogP contribution in [0.1, 0.15) is 39.2 Å². The van der Waals surface area contributed by atoms with Crippen LogP contribution >= 0.6 is 11.6 Å². The summed E-state index contributed by atoms with van der Waals surface area (Å²) in [4.78, 5) is 0. The van der Waals surface area contributed by atoms with E-state index in [9.17, 15) is 0 Å². The van der Waals surface area contributed by atoms with E-state index in [0.29, 0.717) is 11.3 Å². The second-order valence-electron chi connectivity index (χ2n) is 6.35. The van der Waals surface area contributed by atoms with Gasteiger partial charge in [-0.15, -0.1) is 0 Å². The maximum atomic E-state index is 5.92. The number of nitrogens with one attached hydrogen (secondary N) is 1. The number of rotatable bonds is 6. The molecule has 1 nitrogen and oxygen atoms in total. The van der Waals surface area contributed by atoms with Crippen LogP contribution in [-0.4, -0.2) is 13.6 Å². The molecule has 0 aliphatic carbocycles. The molecule has 2 heteroatoms. The van der Waals surface area contributed by atoms with Crippen molar-refractivity contribution in [2.45, 2.75) is 40.0 Å². The van der Waals surface area contributed by atoms with Gasteiger partial charge in [-0.05, 0) is 61.9 Å². The lowest BCUT2D eigenvalue weighted by atomic mass is 9.84. The Bertz CT molecular complexity index is 337. The Balaban J connectivity index is 2.54. The molecule has 1 aromatic carbocycles. The van der Waals surface area contributed by atoms with E-state index in [1.165, 1.54) is 18.4 Å². The van der Waals surface area contributed by atoms with Gasteiger partial charge in [0.1, 0.15) is 0 Å². The molecular weight excluding hydrogens is 242 g/mol. The Morgan fingerprint density at radius 2 is 1.78 bits per heavy atom. The van der Waals surface area contributed by atoms with Crippen molar-refractivity contribution in [1.29, 1.82) is 0 Å². The van der Waals surface area contributed by atoms with E-state index in [-0.39, 0.29) is 0 Å². The SMILES string of the molecule is CNCC(CCC(C)(C)C)Cc1ccc(Cl)cc1. The van der Waals surface area contributed by atoms with Crippen LogP contribution in [0.3, 0.4) is 0 Å². The summed E-state index contributed by atoms with van der Waals surface area (Å²) in [5, 5.41) is 4.13. The topological polar surface area (TPSA) is 12.0 Å². The standard InChI is InChI=1S/C16H26ClN/c1-16(2,3)10-9-14(12-18-4)11-13-5-7-15(17)8-6-13/h5-8,14,18H,9-12H2,1-4H3. The Labute approximate surface area is 117 Å². The first-order chi connectivity index (χ1) is 8.40. The van der Waals surface area contributed by atoms with E-state index in [1.54, 1.807) is 0 Å². The molecular formula is C16H26ClN. The molecule has 0 saturated carbocycles. The Morgan fingerprint density at radius 3 is 2.28 bits per heavy atom. The van der Waals surface area contributed by atoms with Gasteiger partial charge in [0, 0.05) is 5.02 Å². The van der Waals surface area contributed by atoms with Crippen molar-refractivity contribution >= 4 is 11.6 Å². The number of hydrogen-bond acceptors (Lipinski definition) is 1. The maximum absolute atomic E-state index is 5.92. The van der Waals surface area contributed by atoms with E-state index in [2.05, 4.69) is 38.2 Å². The van der Waals surface area contributed by atoms with Crippen LogP contribution in [0.2, 0.25) is 5.02 Å². The average Bonchev–Trinajstić information content (AvgIpc) is 2.28. The van der Waals surface area contributed by atoms with Gasteiger partial charge >= 0.3 is 0 Å². The van der Waals surface area contributed by atoms with Gasteiger partial charge < -0.3 is 5.32 Å². The summed E-state index contributed by atoms with van der Waals surface area (Å²) in [5.74, 6) is 0.704. The molecule has 0 aliphatic heterocycles. The molecule has 0 aromatic heterocycles. The summed E-state index contributed by atoms with van der Waals surface area (Å²) < 4.78 is 0. The van der Waals surface area contributed by atoms with Gasteiger partial charge in [-0.3, -0.25) is 0 Å². The van der Waals surface area contributed by atoms with E-state index >= 15 is 0 Å². The van der Waals surface area contributed by atoms with Crippen molar-refractivity contribution < 1.29 is 0 Å². The third-order valence-electron chi connectivity index (χ3n) is 3.23. The zero-order chi connectivity index (χ0) is 13.6. The lowest BCUT2D eigenvalue weighted by molar-refractivity contribution is 0.316. The van der Waals surface area contributed by atoms with E-state index in [0.717, 1.165) is 18.0 Å². The molecule has 0 fully saturated rings. The Kier molecular flexibility index (Phi) is 6.17. The van der Waals surface area contributed by atoms with Crippen LogP contribution in [0, 0.1) is 11.3 Å². The fourth-order valence-corrected chi connectivity index (χ4v) is 2.28. The fourth-order valence-electron chi connectivity index (χ4n) is 2.16. The lowest BCUT2D eigenvalue weighted by Gasteiger charge is -2.23. The minimum atomic E-state index is 0.423. The highest BCUT2D eigenvalue weighted by molar-refractivity contribution is 6.30. The highest BCUT2D eigenvalue weighted by Crippen LogP contribution is 2.25. The predicted octanol–water partition coefficient (Wildman–Crippen LogP) is 4.54. The third-order valence-corrected chi connectivity index (χ3v) is 3.48. The summed E-state index contributed by atoms with van der Waals surface area (Å²) >= 11 is 5.92. The summed E-state index contributed by atoms with van der Waals surface area (Å²) in [6.07, 6.45) is 3.67. The number of halogens is 1. The highest BCUT2D eigenvalue weighted by Gasteiger charge is 2.15. The van der Waals surface area contributed by atoms with Gasteiger partial charge in [0.2, 0.25) is 0 Å². The van der Waals surface area contributed by atoms with Crippen molar-refractivity contribution in [2.75, 3.05) is 13.6 Å². The molecule has 0 amide bonds. The molecule has 0 heterocycles. The van der Waals surface area contributed by atoms with Crippen LogP contribution in [0.5, 0.6) is 0 Å². The first kappa shape index (κ1) is 15.5. The Hall–Kier alpha value is -0.530. The molecule has 1 rings (SSSR count). The van der Waals surface area contributed by atoms with Crippen LogP contribution < -0.4 is 5.32 Å². The van der Waals surface area contributed by atoms with Gasteiger partial charge in [-0.25, -0.2) is 0 Å². The predicted molar refractivity (Wildman–Crippen MR) is 81.3 cm³/mol. The van der Waals surface area contributed by atoms with Gasteiger partial charge in [-0.2, -0.15) is 0 Å². The molecule has 0 radical (unpaired) electrons. The van der Waals surface area contributed by atoms with Gasteiger partial charge in [0.05, 0.1) is 0 Å². The van der Waals surface area contributed by atoms with E-state index < -0.39 is 0 Å². The molecule has 0 saturated heterocycles. The minimum absolute atomic E-state index is 0.423. The summed E-state index contributed by atoms with van der Waals surface area (Å²) in [5.41, 5.74) is 1.81. The quantitative estimate of drug-likeness (QED) is 0.798. The molecule has 0 spiro atoms. The van der Waals surface area contributed by atoms with Crippen molar-refractivity contribution in [1.82, 2.24) is 5.32 Å². The molecule has 1 N–H and O–H groups in total. The smallest absolute Gasteiger partial charge is 0.0406 e. The molecule has 0 bridgehead atoms. The molecule has 102 valence electrons. The van der Waals surface area contributed by atoms with Gasteiger partial charge in [0.15, 0.2) is 0 Å². The van der Waals surface area contributed by atoms with Crippen molar-refractivity contribution in [3.05, 3.63) is 34.9 Å². The molecule has 1 atom stereocenters. The fraction of sp³-hybridized carbons (Fsp3) is 0.625. The largest absolute Gasteiger partial charge is 0.319 e. The van der Waals surface area contributed by atoms with Crippen molar-refractivity contribution in [3.8, 4) is 0 Å². The lowest BCUT2D eigenvalue weighted by Crippen LogP contribution is -2.22.